The third kappa shape index (κ3) is 3.60. The molecular formula is C20H21N2O4S. The molecule has 0 amide bonds. The quantitative estimate of drug-likeness (QED) is 0.647. The van der Waals surface area contributed by atoms with Crippen molar-refractivity contribution in [1.82, 2.24) is 4.98 Å². The first-order valence-corrected chi connectivity index (χ1v) is 9.74. The van der Waals surface area contributed by atoms with E-state index >= 15 is 0 Å². The number of ether oxygens (including phenoxy) is 3. The maximum absolute atomic E-state index is 12.2. The molecule has 0 N–H and O–H groups in total. The minimum Gasteiger partial charge on any atom is -0.493 e. The fraction of sp³-hybridized carbons (Fsp3) is 0.350. The van der Waals surface area contributed by atoms with Crippen LogP contribution >= 0.6 is 11.3 Å². The summed E-state index contributed by atoms with van der Waals surface area (Å²) in [7, 11) is 3.23. The lowest BCUT2D eigenvalue weighted by molar-refractivity contribution is 0.170. The molecule has 2 aromatic carbocycles. The van der Waals surface area contributed by atoms with Gasteiger partial charge in [0.15, 0.2) is 11.5 Å². The number of nitrogens with zero attached hydrogens (tertiary/aromatic N) is 2. The Kier molecular flexibility index (Phi) is 4.94. The largest absolute Gasteiger partial charge is 0.493 e. The van der Waals surface area contributed by atoms with Gasteiger partial charge in [-0.25, -0.2) is 4.98 Å². The Balaban J connectivity index is 1.41. The molecule has 1 aliphatic rings. The highest BCUT2D eigenvalue weighted by molar-refractivity contribution is 7.16. The number of hydrogen-bond acceptors (Lipinski definition) is 6. The topological polar surface area (TPSA) is 63.7 Å². The van der Waals surface area contributed by atoms with Crippen LogP contribution in [0.15, 0.2) is 35.8 Å². The van der Waals surface area contributed by atoms with Gasteiger partial charge in [-0.15, -0.1) is 11.3 Å². The first-order chi connectivity index (χ1) is 13.2. The molecule has 1 radical (unpaired) electrons. The predicted octanol–water partition coefficient (Wildman–Crippen LogP) is 4.51. The van der Waals surface area contributed by atoms with E-state index < -0.39 is 0 Å². The molecule has 0 saturated carbocycles. The van der Waals surface area contributed by atoms with Crippen LogP contribution in [0.25, 0.3) is 10.2 Å². The minimum atomic E-state index is -0.00699. The van der Waals surface area contributed by atoms with E-state index in [0.29, 0.717) is 17.0 Å². The average Bonchev–Trinajstić information content (AvgIpc) is 3.18. The number of methoxy groups -OCH3 is 2. The molecule has 1 aromatic heterocycles. The Morgan fingerprint density at radius 1 is 1.07 bits per heavy atom. The van der Waals surface area contributed by atoms with Crippen molar-refractivity contribution in [2.45, 2.75) is 18.9 Å². The molecule has 7 heteroatoms. The molecule has 27 heavy (non-hydrogen) atoms. The van der Waals surface area contributed by atoms with Crippen LogP contribution in [0.5, 0.6) is 23.0 Å². The van der Waals surface area contributed by atoms with Gasteiger partial charge < -0.3 is 19.1 Å². The smallest absolute Gasteiger partial charge is 0.207 e. The molecule has 1 saturated heterocycles. The summed E-state index contributed by atoms with van der Waals surface area (Å²) in [6.45, 7) is 1.70. The average molecular weight is 385 g/mol. The standard InChI is InChI=1S/C20H21N2O4S/c1-24-17-4-3-15(11-18(17)25-2)26-14-5-7-22(8-6-14)13-9-16(23)20-19(10-13)27-12-21-20/h3-4,9-12,14H,5-8H2,1-2H3. The highest BCUT2D eigenvalue weighted by Gasteiger charge is 2.22. The monoisotopic (exact) mass is 385 g/mol. The Morgan fingerprint density at radius 3 is 2.59 bits per heavy atom. The van der Waals surface area contributed by atoms with E-state index in [4.69, 9.17) is 14.2 Å². The van der Waals surface area contributed by atoms with Gasteiger partial charge in [0.1, 0.15) is 17.4 Å². The van der Waals surface area contributed by atoms with Gasteiger partial charge in [0.2, 0.25) is 5.75 Å². The highest BCUT2D eigenvalue weighted by atomic mass is 32.1. The van der Waals surface area contributed by atoms with Crippen LogP contribution in [0, 0.1) is 0 Å². The van der Waals surface area contributed by atoms with Crippen molar-refractivity contribution in [2.75, 3.05) is 32.2 Å². The maximum Gasteiger partial charge on any atom is 0.207 e. The molecule has 3 aromatic rings. The molecule has 0 atom stereocenters. The van der Waals surface area contributed by atoms with E-state index in [1.165, 1.54) is 11.3 Å². The van der Waals surface area contributed by atoms with E-state index in [1.807, 2.05) is 18.2 Å². The summed E-state index contributed by atoms with van der Waals surface area (Å²) in [4.78, 5) is 6.38. The summed E-state index contributed by atoms with van der Waals surface area (Å²) >= 11 is 1.50. The number of hydrogen-bond donors (Lipinski definition) is 0. The molecule has 0 spiro atoms. The van der Waals surface area contributed by atoms with Crippen LogP contribution in [0.1, 0.15) is 12.8 Å². The summed E-state index contributed by atoms with van der Waals surface area (Å²) < 4.78 is 17.7. The zero-order valence-corrected chi connectivity index (χ0v) is 16.1. The first kappa shape index (κ1) is 17.7. The number of aromatic nitrogens is 1. The Bertz CT molecular complexity index is 935. The predicted molar refractivity (Wildman–Crippen MR) is 105 cm³/mol. The molecule has 2 heterocycles. The van der Waals surface area contributed by atoms with Gasteiger partial charge in [0.25, 0.3) is 0 Å². The van der Waals surface area contributed by atoms with Crippen molar-refractivity contribution >= 4 is 27.2 Å². The number of rotatable bonds is 5. The number of anilines is 1. The summed E-state index contributed by atoms with van der Waals surface area (Å²) in [6.07, 6.45) is 1.92. The SMILES string of the molecule is COc1ccc(OC2CCN(c3cc([O])c4ncsc4c3)CC2)cc1OC. The Morgan fingerprint density at radius 2 is 1.85 bits per heavy atom. The van der Waals surface area contributed by atoms with Gasteiger partial charge in [-0.1, -0.05) is 0 Å². The Labute approximate surface area is 161 Å². The van der Waals surface area contributed by atoms with Gasteiger partial charge in [-0.3, -0.25) is 5.11 Å². The number of piperidine rings is 1. The number of thiazole rings is 1. The maximum atomic E-state index is 12.2. The molecule has 0 aliphatic carbocycles. The molecule has 0 bridgehead atoms. The van der Waals surface area contributed by atoms with Crippen LogP contribution in [0.4, 0.5) is 5.69 Å². The third-order valence-electron chi connectivity index (χ3n) is 4.85. The fourth-order valence-corrected chi connectivity index (χ4v) is 4.14. The molecule has 1 fully saturated rings. The molecular weight excluding hydrogens is 364 g/mol. The van der Waals surface area contributed by atoms with E-state index in [2.05, 4.69) is 16.0 Å². The van der Waals surface area contributed by atoms with Gasteiger partial charge in [-0.2, -0.15) is 0 Å². The van der Waals surface area contributed by atoms with Crippen LogP contribution in [0.2, 0.25) is 0 Å². The van der Waals surface area contributed by atoms with Crippen LogP contribution in [-0.4, -0.2) is 38.4 Å². The molecule has 0 unspecified atom stereocenters. The Hall–Kier alpha value is -2.67. The molecule has 141 valence electrons. The van der Waals surface area contributed by atoms with Gasteiger partial charge in [0, 0.05) is 43.8 Å². The van der Waals surface area contributed by atoms with Crippen molar-refractivity contribution in [3.63, 3.8) is 0 Å². The fourth-order valence-electron chi connectivity index (χ4n) is 3.42. The molecule has 1 aliphatic heterocycles. The first-order valence-electron chi connectivity index (χ1n) is 8.86. The third-order valence-corrected chi connectivity index (χ3v) is 5.63. The van der Waals surface area contributed by atoms with Crippen LogP contribution in [0.3, 0.4) is 0 Å². The van der Waals surface area contributed by atoms with Gasteiger partial charge >= 0.3 is 0 Å². The van der Waals surface area contributed by atoms with Crippen LogP contribution < -0.4 is 19.1 Å². The van der Waals surface area contributed by atoms with Crippen molar-refractivity contribution in [3.8, 4) is 23.0 Å². The minimum absolute atomic E-state index is 0.00699. The number of fused-ring (bicyclic) bond motifs is 1. The van der Waals surface area contributed by atoms with Crippen LogP contribution in [-0.2, 0) is 5.11 Å². The second-order valence-corrected chi connectivity index (χ2v) is 7.35. The summed E-state index contributed by atoms with van der Waals surface area (Å²) in [5, 5.41) is 12.2. The second-order valence-electron chi connectivity index (χ2n) is 6.46. The van der Waals surface area contributed by atoms with Gasteiger partial charge in [-0.05, 0) is 18.2 Å². The highest BCUT2D eigenvalue weighted by Crippen LogP contribution is 2.35. The molecule has 4 rings (SSSR count). The lowest BCUT2D eigenvalue weighted by atomic mass is 10.1. The van der Waals surface area contributed by atoms with Crippen molar-refractivity contribution in [2.24, 2.45) is 0 Å². The van der Waals surface area contributed by atoms with Gasteiger partial charge in [0.05, 0.1) is 24.4 Å². The molecule has 6 nitrogen and oxygen atoms in total. The van der Waals surface area contributed by atoms with Crippen molar-refractivity contribution in [1.29, 1.82) is 0 Å². The lowest BCUT2D eigenvalue weighted by Crippen LogP contribution is -2.38. The zero-order valence-electron chi connectivity index (χ0n) is 15.3. The second kappa shape index (κ2) is 7.52. The van der Waals surface area contributed by atoms with Crippen molar-refractivity contribution in [3.05, 3.63) is 35.8 Å². The summed E-state index contributed by atoms with van der Waals surface area (Å²) in [6, 6.07) is 9.35. The van der Waals surface area contributed by atoms with E-state index in [-0.39, 0.29) is 11.9 Å². The lowest BCUT2D eigenvalue weighted by Gasteiger charge is -2.33. The van der Waals surface area contributed by atoms with E-state index in [9.17, 15) is 5.11 Å². The van der Waals surface area contributed by atoms with E-state index in [1.54, 1.807) is 25.8 Å². The summed E-state index contributed by atoms with van der Waals surface area (Å²) in [5.74, 6) is 2.12. The normalized spacial score (nSPS) is 15.1. The van der Waals surface area contributed by atoms with Crippen molar-refractivity contribution < 1.29 is 19.3 Å². The number of benzene rings is 2. The summed E-state index contributed by atoms with van der Waals surface area (Å²) in [5.41, 5.74) is 3.26. The zero-order chi connectivity index (χ0) is 18.8. The van der Waals surface area contributed by atoms with E-state index in [0.717, 1.165) is 42.1 Å².